The highest BCUT2D eigenvalue weighted by atomic mass is 32.2. The number of benzene rings is 1. The summed E-state index contributed by atoms with van der Waals surface area (Å²) in [6.45, 7) is 8.37. The molecule has 2 aromatic rings. The van der Waals surface area contributed by atoms with Gasteiger partial charge in [0.25, 0.3) is 0 Å². The molecule has 1 N–H and O–H groups in total. The number of imidazole rings is 1. The summed E-state index contributed by atoms with van der Waals surface area (Å²) < 4.78 is 23.4. The number of nitrogens with one attached hydrogen (secondary N) is 1. The molecule has 1 aliphatic carbocycles. The maximum absolute atomic E-state index is 12.4. The maximum atomic E-state index is 12.4. The van der Waals surface area contributed by atoms with Gasteiger partial charge >= 0.3 is 0 Å². The van der Waals surface area contributed by atoms with Crippen molar-refractivity contribution in [1.29, 1.82) is 0 Å². The molecule has 0 saturated heterocycles. The molecule has 1 saturated carbocycles. The molecule has 6 heteroatoms. The van der Waals surface area contributed by atoms with Crippen LogP contribution in [0, 0.1) is 0 Å². The van der Waals surface area contributed by atoms with Crippen molar-refractivity contribution in [3.63, 3.8) is 0 Å². The van der Waals surface area contributed by atoms with Gasteiger partial charge in [-0.05, 0) is 64.2 Å². The lowest BCUT2D eigenvalue weighted by molar-refractivity contribution is 0.282. The second-order valence-corrected chi connectivity index (χ2v) is 9.96. The van der Waals surface area contributed by atoms with E-state index in [2.05, 4.69) is 32.5 Å². The Kier molecular flexibility index (Phi) is 4.09. The number of nitrogens with zero attached hydrogens (tertiary/aromatic N) is 2. The quantitative estimate of drug-likeness (QED) is 0.845. The molecular formula is C19H25N3O2S. The SMILES string of the molecule is CC(N[S@@+]([O-])C(C)(C)C)c1ncn2c1COc1cc(C3CC3)ccc1-2. The van der Waals surface area contributed by atoms with Crippen LogP contribution in [0.3, 0.4) is 0 Å². The first-order valence-corrected chi connectivity index (χ1v) is 10.0. The minimum atomic E-state index is -1.14. The third-order valence-corrected chi connectivity index (χ3v) is 6.49. The van der Waals surface area contributed by atoms with Gasteiger partial charge in [-0.3, -0.25) is 4.57 Å². The third-order valence-electron chi connectivity index (χ3n) is 4.81. The first-order chi connectivity index (χ1) is 11.8. The molecule has 1 unspecified atom stereocenters. The summed E-state index contributed by atoms with van der Waals surface area (Å²) in [5, 5.41) is 0. The molecule has 0 radical (unpaired) electrons. The molecule has 2 aliphatic rings. The topological polar surface area (TPSA) is 62.1 Å². The Hall–Kier alpha value is -1.50. The molecule has 0 spiro atoms. The van der Waals surface area contributed by atoms with Crippen molar-refractivity contribution >= 4 is 11.4 Å². The fraction of sp³-hybridized carbons (Fsp3) is 0.526. The van der Waals surface area contributed by atoms with Gasteiger partial charge in [-0.1, -0.05) is 6.07 Å². The maximum Gasteiger partial charge on any atom is 0.144 e. The van der Waals surface area contributed by atoms with Crippen LogP contribution < -0.4 is 9.46 Å². The van der Waals surface area contributed by atoms with Crippen molar-refractivity contribution in [3.05, 3.63) is 41.5 Å². The second-order valence-electron chi connectivity index (χ2n) is 7.96. The van der Waals surface area contributed by atoms with E-state index in [4.69, 9.17) is 4.74 Å². The Morgan fingerprint density at radius 2 is 2.12 bits per heavy atom. The van der Waals surface area contributed by atoms with Crippen LogP contribution in [-0.2, 0) is 18.0 Å². The summed E-state index contributed by atoms with van der Waals surface area (Å²) in [7, 11) is 0. The third kappa shape index (κ3) is 3.18. The van der Waals surface area contributed by atoms with Crippen LogP contribution in [0.1, 0.15) is 69.4 Å². The number of hydrogen-bond acceptors (Lipinski definition) is 4. The number of ether oxygens (including phenoxy) is 1. The van der Waals surface area contributed by atoms with E-state index in [0.717, 1.165) is 22.8 Å². The molecule has 4 rings (SSSR count). The number of fused-ring (bicyclic) bond motifs is 3. The lowest BCUT2D eigenvalue weighted by atomic mass is 10.1. The summed E-state index contributed by atoms with van der Waals surface area (Å²) in [6, 6.07) is 6.39. The molecular weight excluding hydrogens is 334 g/mol. The summed E-state index contributed by atoms with van der Waals surface area (Å²) in [5.41, 5.74) is 4.33. The average Bonchev–Trinajstić information content (AvgIpc) is 3.31. The van der Waals surface area contributed by atoms with Gasteiger partial charge in [0.1, 0.15) is 23.4 Å². The van der Waals surface area contributed by atoms with Gasteiger partial charge in [-0.15, -0.1) is 4.72 Å². The molecule has 5 nitrogen and oxygen atoms in total. The zero-order chi connectivity index (χ0) is 17.8. The Morgan fingerprint density at radius 3 is 2.80 bits per heavy atom. The van der Waals surface area contributed by atoms with Crippen LogP contribution in [-0.4, -0.2) is 18.9 Å². The van der Waals surface area contributed by atoms with Crippen LogP contribution in [0.4, 0.5) is 0 Å². The Balaban J connectivity index is 1.60. The van der Waals surface area contributed by atoms with Crippen molar-refractivity contribution in [1.82, 2.24) is 14.3 Å². The zero-order valence-corrected chi connectivity index (χ0v) is 16.0. The van der Waals surface area contributed by atoms with Crippen molar-refractivity contribution < 1.29 is 9.29 Å². The lowest BCUT2D eigenvalue weighted by Crippen LogP contribution is -2.40. The van der Waals surface area contributed by atoms with Crippen LogP contribution in [0.2, 0.25) is 0 Å². The molecule has 0 amide bonds. The van der Waals surface area contributed by atoms with E-state index < -0.39 is 11.4 Å². The molecule has 2 atom stereocenters. The smallest absolute Gasteiger partial charge is 0.144 e. The van der Waals surface area contributed by atoms with Crippen LogP contribution >= 0.6 is 0 Å². The van der Waals surface area contributed by atoms with E-state index in [0.29, 0.717) is 12.5 Å². The van der Waals surface area contributed by atoms with Crippen molar-refractivity contribution in [3.8, 4) is 11.4 Å². The first-order valence-electron chi connectivity index (χ1n) is 8.86. The van der Waals surface area contributed by atoms with Crippen molar-refractivity contribution in [2.24, 2.45) is 0 Å². The fourth-order valence-corrected chi connectivity index (χ4v) is 3.94. The molecule has 1 aliphatic heterocycles. The van der Waals surface area contributed by atoms with Gasteiger partial charge in [0, 0.05) is 11.4 Å². The van der Waals surface area contributed by atoms with Crippen LogP contribution in [0.5, 0.6) is 5.75 Å². The van der Waals surface area contributed by atoms with E-state index in [-0.39, 0.29) is 10.8 Å². The van der Waals surface area contributed by atoms with E-state index in [9.17, 15) is 4.55 Å². The standard InChI is InChI=1S/C19H25N3O2S/c1-12(21-25(23)19(2,3)4)18-16-10-24-17-9-14(13-5-6-13)7-8-15(17)22(16)11-20-18/h7-9,11-13,21H,5-6,10H2,1-4H3/t12?,25-/m0/s1. The second kappa shape index (κ2) is 6.04. The summed E-state index contributed by atoms with van der Waals surface area (Å²) >= 11 is -1.14. The first kappa shape index (κ1) is 16.9. The molecule has 2 heterocycles. The average molecular weight is 359 g/mol. The van der Waals surface area contributed by atoms with Gasteiger partial charge in [0.2, 0.25) is 0 Å². The highest BCUT2D eigenvalue weighted by Gasteiger charge is 2.32. The highest BCUT2D eigenvalue weighted by molar-refractivity contribution is 7.90. The minimum absolute atomic E-state index is 0.104. The minimum Gasteiger partial charge on any atom is -0.598 e. The molecule has 0 bridgehead atoms. The highest BCUT2D eigenvalue weighted by Crippen LogP contribution is 2.43. The Bertz CT molecular complexity index is 792. The zero-order valence-electron chi connectivity index (χ0n) is 15.2. The molecule has 134 valence electrons. The number of rotatable bonds is 4. The fourth-order valence-electron chi connectivity index (χ4n) is 3.16. The molecule has 1 fully saturated rings. The van der Waals surface area contributed by atoms with Gasteiger partial charge in [-0.2, -0.15) is 0 Å². The summed E-state index contributed by atoms with van der Waals surface area (Å²) in [4.78, 5) is 4.59. The van der Waals surface area contributed by atoms with Gasteiger partial charge < -0.3 is 9.29 Å². The van der Waals surface area contributed by atoms with Crippen LogP contribution in [0.15, 0.2) is 24.5 Å². The van der Waals surface area contributed by atoms with Crippen molar-refractivity contribution in [2.45, 2.75) is 63.9 Å². The molecule has 1 aromatic heterocycles. The van der Waals surface area contributed by atoms with E-state index >= 15 is 0 Å². The number of hydrogen-bond donors (Lipinski definition) is 1. The Morgan fingerprint density at radius 1 is 1.36 bits per heavy atom. The van der Waals surface area contributed by atoms with Gasteiger partial charge in [0.05, 0.1) is 23.1 Å². The largest absolute Gasteiger partial charge is 0.598 e. The number of aromatic nitrogens is 2. The summed E-state index contributed by atoms with van der Waals surface area (Å²) in [6.07, 6.45) is 4.42. The predicted molar refractivity (Wildman–Crippen MR) is 99.3 cm³/mol. The molecule has 25 heavy (non-hydrogen) atoms. The monoisotopic (exact) mass is 359 g/mol. The van der Waals surface area contributed by atoms with E-state index in [1.165, 1.54) is 18.4 Å². The Labute approximate surface area is 152 Å². The predicted octanol–water partition coefficient (Wildman–Crippen LogP) is 3.75. The molecule has 1 aromatic carbocycles. The van der Waals surface area contributed by atoms with Gasteiger partial charge in [-0.25, -0.2) is 4.98 Å². The van der Waals surface area contributed by atoms with Gasteiger partial charge in [0.15, 0.2) is 0 Å². The van der Waals surface area contributed by atoms with Crippen molar-refractivity contribution in [2.75, 3.05) is 0 Å². The lowest BCUT2D eigenvalue weighted by Gasteiger charge is -2.27. The van der Waals surface area contributed by atoms with E-state index in [1.807, 2.05) is 34.0 Å². The van der Waals surface area contributed by atoms with Crippen LogP contribution in [0.25, 0.3) is 5.69 Å². The summed E-state index contributed by atoms with van der Waals surface area (Å²) in [5.74, 6) is 1.64. The van der Waals surface area contributed by atoms with E-state index in [1.54, 1.807) is 0 Å². The normalized spacial score (nSPS) is 18.9.